The lowest BCUT2D eigenvalue weighted by atomic mass is 10.0. The molecule has 1 saturated heterocycles. The summed E-state index contributed by atoms with van der Waals surface area (Å²) in [6.45, 7) is 2.26. The quantitative estimate of drug-likeness (QED) is 0.604. The van der Waals surface area contributed by atoms with E-state index in [4.69, 9.17) is 0 Å². The Labute approximate surface area is 76.7 Å². The summed E-state index contributed by atoms with van der Waals surface area (Å²) in [5.41, 5.74) is 1.11. The summed E-state index contributed by atoms with van der Waals surface area (Å²) < 4.78 is 0. The van der Waals surface area contributed by atoms with E-state index in [9.17, 15) is 4.79 Å². The summed E-state index contributed by atoms with van der Waals surface area (Å²) in [7, 11) is 0. The third-order valence-electron chi connectivity index (χ3n) is 2.28. The van der Waals surface area contributed by atoms with Crippen molar-refractivity contribution >= 4 is 5.91 Å². The van der Waals surface area contributed by atoms with E-state index in [0.29, 0.717) is 6.54 Å². The standard InChI is InChI=1S/C9H13N3O/c13-9(8-5-11-6-8)12-4-7-1-2-10-3-7/h1-3,8,10-11H,4-6H2,(H,12,13). The number of amides is 1. The second kappa shape index (κ2) is 3.62. The number of nitrogens with one attached hydrogen (secondary N) is 3. The van der Waals surface area contributed by atoms with Gasteiger partial charge >= 0.3 is 0 Å². The molecule has 0 bridgehead atoms. The molecule has 0 radical (unpaired) electrons. The molecule has 1 aliphatic heterocycles. The van der Waals surface area contributed by atoms with Crippen molar-refractivity contribution in [1.29, 1.82) is 0 Å². The lowest BCUT2D eigenvalue weighted by Crippen LogP contribution is -2.50. The van der Waals surface area contributed by atoms with Gasteiger partial charge in [-0.05, 0) is 11.6 Å². The Morgan fingerprint density at radius 2 is 2.46 bits per heavy atom. The normalized spacial score (nSPS) is 16.6. The zero-order valence-corrected chi connectivity index (χ0v) is 7.34. The Morgan fingerprint density at radius 1 is 1.62 bits per heavy atom. The van der Waals surface area contributed by atoms with Crippen LogP contribution in [0.2, 0.25) is 0 Å². The van der Waals surface area contributed by atoms with Gasteiger partial charge in [0, 0.05) is 32.0 Å². The van der Waals surface area contributed by atoms with Gasteiger partial charge in [0.1, 0.15) is 0 Å². The van der Waals surface area contributed by atoms with E-state index in [1.807, 2.05) is 18.5 Å². The van der Waals surface area contributed by atoms with Gasteiger partial charge in [-0.15, -0.1) is 0 Å². The van der Waals surface area contributed by atoms with Crippen LogP contribution >= 0.6 is 0 Å². The molecule has 1 amide bonds. The van der Waals surface area contributed by atoms with Gasteiger partial charge in [-0.3, -0.25) is 4.79 Å². The Balaban J connectivity index is 1.76. The minimum Gasteiger partial charge on any atom is -0.367 e. The number of aromatic nitrogens is 1. The third kappa shape index (κ3) is 1.89. The van der Waals surface area contributed by atoms with Gasteiger partial charge in [0.2, 0.25) is 5.91 Å². The summed E-state index contributed by atoms with van der Waals surface area (Å²) >= 11 is 0. The fourth-order valence-electron chi connectivity index (χ4n) is 1.28. The van der Waals surface area contributed by atoms with Crippen LogP contribution in [0.5, 0.6) is 0 Å². The van der Waals surface area contributed by atoms with Crippen LogP contribution in [0.4, 0.5) is 0 Å². The SMILES string of the molecule is O=C(NCc1cc[nH]c1)C1CNC1. The minimum absolute atomic E-state index is 0.153. The second-order valence-corrected chi connectivity index (χ2v) is 3.29. The second-order valence-electron chi connectivity index (χ2n) is 3.29. The zero-order valence-electron chi connectivity index (χ0n) is 7.34. The third-order valence-corrected chi connectivity index (χ3v) is 2.28. The van der Waals surface area contributed by atoms with E-state index in [1.54, 1.807) is 0 Å². The van der Waals surface area contributed by atoms with Crippen LogP contribution in [-0.4, -0.2) is 24.0 Å². The van der Waals surface area contributed by atoms with Crippen molar-refractivity contribution in [3.05, 3.63) is 24.0 Å². The lowest BCUT2D eigenvalue weighted by Gasteiger charge is -2.25. The molecule has 3 N–H and O–H groups in total. The number of H-pyrrole nitrogens is 1. The van der Waals surface area contributed by atoms with Crippen LogP contribution in [-0.2, 0) is 11.3 Å². The number of rotatable bonds is 3. The highest BCUT2D eigenvalue weighted by molar-refractivity contribution is 5.79. The van der Waals surface area contributed by atoms with Crippen molar-refractivity contribution in [1.82, 2.24) is 15.6 Å². The monoisotopic (exact) mass is 179 g/mol. The summed E-state index contributed by atoms with van der Waals surface area (Å²) in [6, 6.07) is 1.96. The van der Waals surface area contributed by atoms with Crippen molar-refractivity contribution in [3.63, 3.8) is 0 Å². The Hall–Kier alpha value is -1.29. The van der Waals surface area contributed by atoms with E-state index < -0.39 is 0 Å². The van der Waals surface area contributed by atoms with Gasteiger partial charge in [0.15, 0.2) is 0 Å². The molecule has 4 heteroatoms. The molecule has 0 unspecified atom stereocenters. The van der Waals surface area contributed by atoms with Crippen molar-refractivity contribution in [2.45, 2.75) is 6.54 Å². The molecule has 2 rings (SSSR count). The molecule has 70 valence electrons. The number of hydrogen-bond donors (Lipinski definition) is 3. The first kappa shape index (κ1) is 8.31. The fourth-order valence-corrected chi connectivity index (χ4v) is 1.28. The first-order valence-electron chi connectivity index (χ1n) is 4.46. The van der Waals surface area contributed by atoms with Gasteiger partial charge in [-0.25, -0.2) is 0 Å². The maximum Gasteiger partial charge on any atom is 0.225 e. The van der Waals surface area contributed by atoms with E-state index in [2.05, 4.69) is 15.6 Å². The topological polar surface area (TPSA) is 56.9 Å². The number of aromatic amines is 1. The molecule has 0 aliphatic carbocycles. The van der Waals surface area contributed by atoms with Crippen molar-refractivity contribution in [2.75, 3.05) is 13.1 Å². The average molecular weight is 179 g/mol. The smallest absolute Gasteiger partial charge is 0.225 e. The maximum atomic E-state index is 11.4. The summed E-state index contributed by atoms with van der Waals surface area (Å²) in [5, 5.41) is 5.96. The molecule has 1 aromatic heterocycles. The van der Waals surface area contributed by atoms with E-state index in [-0.39, 0.29) is 11.8 Å². The van der Waals surface area contributed by atoms with Gasteiger partial charge in [-0.2, -0.15) is 0 Å². The molecule has 1 aliphatic rings. The molecule has 1 aromatic rings. The molecular formula is C9H13N3O. The van der Waals surface area contributed by atoms with Gasteiger partial charge in [0.25, 0.3) is 0 Å². The predicted octanol–water partition coefficient (Wildman–Crippen LogP) is -0.150. The zero-order chi connectivity index (χ0) is 9.10. The van der Waals surface area contributed by atoms with Gasteiger partial charge < -0.3 is 15.6 Å². The van der Waals surface area contributed by atoms with Crippen LogP contribution in [0.1, 0.15) is 5.56 Å². The molecule has 0 atom stereocenters. The van der Waals surface area contributed by atoms with Crippen LogP contribution in [0.25, 0.3) is 0 Å². The fraction of sp³-hybridized carbons (Fsp3) is 0.444. The Morgan fingerprint density at radius 3 is 3.00 bits per heavy atom. The summed E-state index contributed by atoms with van der Waals surface area (Å²) in [4.78, 5) is 14.3. The van der Waals surface area contributed by atoms with Gasteiger partial charge in [-0.1, -0.05) is 0 Å². The molecule has 13 heavy (non-hydrogen) atoms. The molecule has 0 aromatic carbocycles. The molecule has 0 spiro atoms. The van der Waals surface area contributed by atoms with E-state index in [1.165, 1.54) is 0 Å². The van der Waals surface area contributed by atoms with Crippen LogP contribution in [0.15, 0.2) is 18.5 Å². The maximum absolute atomic E-state index is 11.4. The number of carbonyl (C=O) groups is 1. The average Bonchev–Trinajstić information content (AvgIpc) is 2.49. The highest BCUT2D eigenvalue weighted by atomic mass is 16.2. The van der Waals surface area contributed by atoms with Crippen molar-refractivity contribution in [2.24, 2.45) is 5.92 Å². The number of hydrogen-bond acceptors (Lipinski definition) is 2. The van der Waals surface area contributed by atoms with E-state index >= 15 is 0 Å². The van der Waals surface area contributed by atoms with Crippen molar-refractivity contribution in [3.8, 4) is 0 Å². The highest BCUT2D eigenvalue weighted by Crippen LogP contribution is 2.03. The largest absolute Gasteiger partial charge is 0.367 e. The molecular weight excluding hydrogens is 166 g/mol. The first-order valence-corrected chi connectivity index (χ1v) is 4.46. The van der Waals surface area contributed by atoms with Crippen molar-refractivity contribution < 1.29 is 4.79 Å². The molecule has 1 fully saturated rings. The van der Waals surface area contributed by atoms with Crippen LogP contribution < -0.4 is 10.6 Å². The molecule has 4 nitrogen and oxygen atoms in total. The van der Waals surface area contributed by atoms with Gasteiger partial charge in [0.05, 0.1) is 5.92 Å². The molecule has 0 saturated carbocycles. The van der Waals surface area contributed by atoms with Crippen LogP contribution in [0, 0.1) is 5.92 Å². The lowest BCUT2D eigenvalue weighted by molar-refractivity contribution is -0.126. The first-order chi connectivity index (χ1) is 6.36. The minimum atomic E-state index is 0.153. The van der Waals surface area contributed by atoms with E-state index in [0.717, 1.165) is 18.7 Å². The molecule has 2 heterocycles. The predicted molar refractivity (Wildman–Crippen MR) is 49.0 cm³/mol. The van der Waals surface area contributed by atoms with Crippen LogP contribution in [0.3, 0.4) is 0 Å². The highest BCUT2D eigenvalue weighted by Gasteiger charge is 2.24. The number of carbonyl (C=O) groups excluding carboxylic acids is 1. The summed E-state index contributed by atoms with van der Waals surface area (Å²) in [5.74, 6) is 0.332. The Kier molecular flexibility index (Phi) is 2.31. The summed E-state index contributed by atoms with van der Waals surface area (Å²) in [6.07, 6.45) is 3.74. The Bertz CT molecular complexity index is 277.